The van der Waals surface area contributed by atoms with Crippen molar-refractivity contribution in [1.82, 2.24) is 0 Å². The Hall–Kier alpha value is -2.22. The van der Waals surface area contributed by atoms with Crippen LogP contribution in [0, 0.1) is 17.2 Å². The van der Waals surface area contributed by atoms with Gasteiger partial charge in [-0.25, -0.2) is 23.1 Å². The molecule has 23 heavy (non-hydrogen) atoms. The Morgan fingerprint density at radius 2 is 1.52 bits per heavy atom. The molecule has 7 heteroatoms. The zero-order chi connectivity index (χ0) is 17.0. The molecule has 0 unspecified atom stereocenters. The monoisotopic (exact) mass is 336 g/mol. The minimum Gasteiger partial charge on any atom is -0.508 e. The molecule has 0 fully saturated rings. The van der Waals surface area contributed by atoms with Gasteiger partial charge in [0, 0.05) is 11.6 Å². The molecule has 0 saturated heterocycles. The number of phenols is 1. The first-order valence-corrected chi connectivity index (χ1v) is 7.71. The van der Waals surface area contributed by atoms with Crippen molar-refractivity contribution >= 4 is 11.0 Å². The van der Waals surface area contributed by atoms with Crippen molar-refractivity contribution in [2.75, 3.05) is 0 Å². The van der Waals surface area contributed by atoms with Crippen molar-refractivity contribution in [3.05, 3.63) is 60.2 Å². The molecule has 3 aromatic rings. The van der Waals surface area contributed by atoms with Crippen LogP contribution in [0.3, 0.4) is 0 Å². The predicted octanol–water partition coefficient (Wildman–Crippen LogP) is -0.361. The second-order valence-corrected chi connectivity index (χ2v) is 5.48. The van der Waals surface area contributed by atoms with Gasteiger partial charge in [0.2, 0.25) is 0 Å². The largest absolute Gasteiger partial charge is 0.508 e. The van der Waals surface area contributed by atoms with E-state index in [0.29, 0.717) is 5.75 Å². The summed E-state index contributed by atoms with van der Waals surface area (Å²) in [5.74, 6) is 1.12. The van der Waals surface area contributed by atoms with Gasteiger partial charge in [-0.15, -0.1) is 10.2 Å². The maximum Gasteiger partial charge on any atom is 0.361 e. The molecular formula is C16H13ClO6. The topological polar surface area (TPSA) is 124 Å². The van der Waals surface area contributed by atoms with Crippen LogP contribution in [-0.4, -0.2) is 5.11 Å². The maximum atomic E-state index is 9.66. The highest BCUT2D eigenvalue weighted by Crippen LogP contribution is 2.28. The van der Waals surface area contributed by atoms with Gasteiger partial charge in [-0.05, 0) is 31.2 Å². The van der Waals surface area contributed by atoms with Crippen molar-refractivity contribution in [2.45, 2.75) is 6.92 Å². The van der Waals surface area contributed by atoms with Crippen LogP contribution in [-0.2, 0) is 0 Å². The molecule has 0 radical (unpaired) electrons. The molecule has 0 spiro atoms. The molecule has 0 aliphatic carbocycles. The maximum absolute atomic E-state index is 9.66. The first-order valence-electron chi connectivity index (χ1n) is 6.48. The molecule has 2 aromatic carbocycles. The summed E-state index contributed by atoms with van der Waals surface area (Å²) in [4.78, 5) is 0. The second-order valence-electron chi connectivity index (χ2n) is 4.72. The fourth-order valence-corrected chi connectivity index (χ4v) is 1.98. The van der Waals surface area contributed by atoms with Crippen LogP contribution in [0.4, 0.5) is 0 Å². The smallest absolute Gasteiger partial charge is 0.361 e. The molecular weight excluding hydrogens is 324 g/mol. The van der Waals surface area contributed by atoms with E-state index < -0.39 is 10.2 Å². The molecule has 0 bridgehead atoms. The van der Waals surface area contributed by atoms with Crippen molar-refractivity contribution < 1.29 is 38.4 Å². The van der Waals surface area contributed by atoms with Crippen LogP contribution in [0.1, 0.15) is 5.56 Å². The third kappa shape index (κ3) is 5.17. The molecule has 6 nitrogen and oxygen atoms in total. The Labute approximate surface area is 134 Å². The van der Waals surface area contributed by atoms with Gasteiger partial charge in [-0.3, -0.25) is 0 Å². The number of halogens is 1. The molecule has 0 atom stereocenters. The standard InChI is InChI=1S/C16H12O2.ClHO4/c1-11-9-16-13(10-14(11)17)7-8-15(18-16)12-5-3-2-4-6-12;2-1(3,4)5/h2-10H,1H3;(H,2,3,4,5). The Bertz CT molecular complexity index is 793. The highest BCUT2D eigenvalue weighted by atomic mass is 35.7. The van der Waals surface area contributed by atoms with Crippen LogP contribution in [0.15, 0.2) is 59.0 Å². The van der Waals surface area contributed by atoms with Gasteiger partial charge in [-0.1, -0.05) is 18.2 Å². The van der Waals surface area contributed by atoms with Gasteiger partial charge >= 0.3 is 11.3 Å². The van der Waals surface area contributed by atoms with E-state index in [1.54, 1.807) is 6.07 Å². The van der Waals surface area contributed by atoms with E-state index in [-0.39, 0.29) is 0 Å². The van der Waals surface area contributed by atoms with Crippen LogP contribution in [0.25, 0.3) is 22.3 Å². The van der Waals surface area contributed by atoms with Gasteiger partial charge in [0.15, 0.2) is 0 Å². The van der Waals surface area contributed by atoms with Crippen molar-refractivity contribution in [1.29, 1.82) is 0 Å². The molecule has 3 rings (SSSR count). The zero-order valence-electron chi connectivity index (χ0n) is 12.1. The van der Waals surface area contributed by atoms with Crippen molar-refractivity contribution in [3.8, 4) is 17.1 Å². The normalized spacial score (nSPS) is 11.0. The molecule has 0 amide bonds. The lowest BCUT2D eigenvalue weighted by atomic mass is 10.1. The number of phenolic OH excluding ortho intramolecular Hbond substituents is 1. The molecule has 1 aromatic heterocycles. The fraction of sp³-hybridized carbons (Fsp3) is 0.0625. The summed E-state index contributed by atoms with van der Waals surface area (Å²) in [5.41, 5.74) is 2.65. The van der Waals surface area contributed by atoms with E-state index in [4.69, 9.17) is 23.1 Å². The van der Waals surface area contributed by atoms with Gasteiger partial charge in [-0.2, -0.15) is 0 Å². The molecule has 120 valence electrons. The Kier molecular flexibility index (Phi) is 5.15. The SMILES string of the molecule is Cc1cc2[o+]c(-c3ccccc3)ccc2cc1O.[O-][Cl+3]([O-])([O-])[O-]. The Balaban J connectivity index is 0.000000338. The zero-order valence-corrected chi connectivity index (χ0v) is 12.8. The third-order valence-corrected chi connectivity index (χ3v) is 3.02. The van der Waals surface area contributed by atoms with Crippen molar-refractivity contribution in [2.24, 2.45) is 0 Å². The molecule has 0 saturated carbocycles. The number of hydrogen-bond acceptors (Lipinski definition) is 5. The molecule has 0 aliphatic rings. The summed E-state index contributed by atoms with van der Waals surface area (Å²) in [6.45, 7) is 1.86. The summed E-state index contributed by atoms with van der Waals surface area (Å²) in [6.07, 6.45) is 0. The fourth-order valence-electron chi connectivity index (χ4n) is 1.98. The van der Waals surface area contributed by atoms with Crippen molar-refractivity contribution in [3.63, 3.8) is 0 Å². The average Bonchev–Trinajstić information content (AvgIpc) is 2.47. The Morgan fingerprint density at radius 1 is 0.913 bits per heavy atom. The van der Waals surface area contributed by atoms with E-state index in [9.17, 15) is 5.11 Å². The van der Waals surface area contributed by atoms with Crippen LogP contribution in [0.5, 0.6) is 5.75 Å². The van der Waals surface area contributed by atoms with E-state index in [1.807, 2.05) is 55.5 Å². The summed E-state index contributed by atoms with van der Waals surface area (Å²) in [5, 5.41) is 10.6. The predicted molar refractivity (Wildman–Crippen MR) is 72.5 cm³/mol. The minimum absolute atomic E-state index is 0.296. The van der Waals surface area contributed by atoms with E-state index >= 15 is 0 Å². The quantitative estimate of drug-likeness (QED) is 0.605. The van der Waals surface area contributed by atoms with Gasteiger partial charge in [0.25, 0.3) is 0 Å². The van der Waals surface area contributed by atoms with E-state index in [1.165, 1.54) is 0 Å². The number of hydrogen-bond donors (Lipinski definition) is 1. The lowest BCUT2D eigenvalue weighted by molar-refractivity contribution is -2.00. The second kappa shape index (κ2) is 6.91. The average molecular weight is 337 g/mol. The number of rotatable bonds is 1. The van der Waals surface area contributed by atoms with E-state index in [2.05, 4.69) is 0 Å². The number of benzene rings is 2. The summed E-state index contributed by atoms with van der Waals surface area (Å²) < 4.78 is 39.8. The molecule has 0 aliphatic heterocycles. The van der Waals surface area contributed by atoms with E-state index in [0.717, 1.165) is 27.9 Å². The summed E-state index contributed by atoms with van der Waals surface area (Å²) in [6, 6.07) is 17.4. The van der Waals surface area contributed by atoms with Crippen LogP contribution >= 0.6 is 0 Å². The first kappa shape index (κ1) is 17.1. The number of fused-ring (bicyclic) bond motifs is 1. The molecule has 1 heterocycles. The van der Waals surface area contributed by atoms with Crippen LogP contribution < -0.4 is 18.6 Å². The number of aryl methyl sites for hydroxylation is 1. The molecule has 1 N–H and O–H groups in total. The summed E-state index contributed by atoms with van der Waals surface area (Å²) >= 11 is 0. The third-order valence-electron chi connectivity index (χ3n) is 3.02. The van der Waals surface area contributed by atoms with Crippen LogP contribution in [0.2, 0.25) is 0 Å². The minimum atomic E-state index is -4.94. The van der Waals surface area contributed by atoms with Gasteiger partial charge in [0.05, 0.1) is 17.0 Å². The lowest BCUT2D eigenvalue weighted by Crippen LogP contribution is -2.68. The highest BCUT2D eigenvalue weighted by molar-refractivity contribution is 5.81. The summed E-state index contributed by atoms with van der Waals surface area (Å²) in [7, 11) is -4.94. The van der Waals surface area contributed by atoms with Gasteiger partial charge < -0.3 is 5.11 Å². The lowest BCUT2D eigenvalue weighted by Gasteiger charge is -2.17. The number of aromatic hydroxyl groups is 1. The van der Waals surface area contributed by atoms with Gasteiger partial charge in [0.1, 0.15) is 5.75 Å². The first-order chi connectivity index (χ1) is 10.7. The Morgan fingerprint density at radius 3 is 2.13 bits per heavy atom. The highest BCUT2D eigenvalue weighted by Gasteiger charge is 2.15.